The van der Waals surface area contributed by atoms with Crippen LogP contribution < -0.4 is 4.52 Å². The molecule has 0 aliphatic heterocycles. The maximum atomic E-state index is 12.4. The number of rotatable bonds is 6. The Morgan fingerprint density at radius 3 is 2.52 bits per heavy atom. The van der Waals surface area contributed by atoms with Crippen LogP contribution in [0.4, 0.5) is 0 Å². The standard InChI is InChI=1S/C14H15N2O4P/c1-3-18-21(17,19-4-2)20-14-9-11-7-5-6-8-12(11)16-13(14)10-15/h5-9H,3-4H2,1-2H3. The molecular weight excluding hydrogens is 291 g/mol. The summed E-state index contributed by atoms with van der Waals surface area (Å²) in [5.74, 6) is 0.0847. The third-order valence-corrected chi connectivity index (χ3v) is 4.15. The zero-order chi connectivity index (χ0) is 15.3. The molecule has 7 heteroatoms. The van der Waals surface area contributed by atoms with Crippen LogP contribution in [0.2, 0.25) is 0 Å². The van der Waals surface area contributed by atoms with E-state index < -0.39 is 7.82 Å². The summed E-state index contributed by atoms with van der Waals surface area (Å²) in [6, 6.07) is 10.8. The predicted octanol–water partition coefficient (Wildman–Crippen LogP) is 3.67. The highest BCUT2D eigenvalue weighted by molar-refractivity contribution is 7.48. The molecule has 2 aromatic rings. The fraction of sp³-hybridized carbons (Fsp3) is 0.286. The van der Waals surface area contributed by atoms with Gasteiger partial charge in [0.2, 0.25) is 0 Å². The Hall–Kier alpha value is -1.93. The number of aromatic nitrogens is 1. The normalized spacial score (nSPS) is 11.3. The second-order valence-corrected chi connectivity index (χ2v) is 5.61. The van der Waals surface area contributed by atoms with Crippen molar-refractivity contribution in [2.75, 3.05) is 13.2 Å². The molecule has 0 fully saturated rings. The summed E-state index contributed by atoms with van der Waals surface area (Å²) in [5.41, 5.74) is 0.692. The first kappa shape index (κ1) is 15.5. The lowest BCUT2D eigenvalue weighted by Crippen LogP contribution is -2.04. The first-order valence-corrected chi connectivity index (χ1v) is 7.96. The Morgan fingerprint density at radius 2 is 1.90 bits per heavy atom. The average molecular weight is 306 g/mol. The highest BCUT2D eigenvalue weighted by atomic mass is 31.2. The minimum absolute atomic E-state index is 0.0355. The van der Waals surface area contributed by atoms with E-state index in [0.717, 1.165) is 5.39 Å². The van der Waals surface area contributed by atoms with Crippen molar-refractivity contribution in [2.45, 2.75) is 13.8 Å². The summed E-state index contributed by atoms with van der Waals surface area (Å²) in [6.07, 6.45) is 0. The first-order valence-electron chi connectivity index (χ1n) is 6.50. The number of hydrogen-bond acceptors (Lipinski definition) is 6. The Labute approximate surface area is 122 Å². The number of phosphoric ester groups is 1. The van der Waals surface area contributed by atoms with E-state index in [0.29, 0.717) is 5.52 Å². The van der Waals surface area contributed by atoms with Crippen LogP contribution in [-0.2, 0) is 13.6 Å². The molecule has 0 aliphatic rings. The fourth-order valence-electron chi connectivity index (χ4n) is 1.77. The molecule has 0 amide bonds. The molecule has 0 spiro atoms. The van der Waals surface area contributed by atoms with E-state index in [1.807, 2.05) is 24.3 Å². The van der Waals surface area contributed by atoms with E-state index in [9.17, 15) is 9.83 Å². The Morgan fingerprint density at radius 1 is 1.24 bits per heavy atom. The number of pyridine rings is 1. The number of para-hydroxylation sites is 1. The third kappa shape index (κ3) is 3.59. The van der Waals surface area contributed by atoms with Crippen molar-refractivity contribution < 1.29 is 18.1 Å². The van der Waals surface area contributed by atoms with Crippen LogP contribution in [0.1, 0.15) is 19.5 Å². The molecule has 0 bridgehead atoms. The third-order valence-electron chi connectivity index (χ3n) is 2.58. The predicted molar refractivity (Wildman–Crippen MR) is 77.9 cm³/mol. The Balaban J connectivity index is 2.45. The zero-order valence-electron chi connectivity index (χ0n) is 11.8. The Kier molecular flexibility index (Phi) is 4.92. The summed E-state index contributed by atoms with van der Waals surface area (Å²) in [4.78, 5) is 4.18. The minimum Gasteiger partial charge on any atom is -0.401 e. The summed E-state index contributed by atoms with van der Waals surface area (Å²) >= 11 is 0. The van der Waals surface area contributed by atoms with Gasteiger partial charge < -0.3 is 4.52 Å². The topological polar surface area (TPSA) is 81.4 Å². The maximum Gasteiger partial charge on any atom is 0.530 e. The molecule has 2 rings (SSSR count). The van der Waals surface area contributed by atoms with Gasteiger partial charge in [-0.3, -0.25) is 9.05 Å². The molecule has 0 saturated heterocycles. The number of fused-ring (bicyclic) bond motifs is 1. The van der Waals surface area contributed by atoms with E-state index in [4.69, 9.17) is 13.6 Å². The van der Waals surface area contributed by atoms with Crippen molar-refractivity contribution in [1.82, 2.24) is 4.98 Å². The van der Waals surface area contributed by atoms with Gasteiger partial charge in [0.05, 0.1) is 18.7 Å². The molecule has 6 nitrogen and oxygen atoms in total. The number of hydrogen-bond donors (Lipinski definition) is 0. The van der Waals surface area contributed by atoms with Gasteiger partial charge in [-0.15, -0.1) is 0 Å². The fourth-order valence-corrected chi connectivity index (χ4v) is 2.97. The van der Waals surface area contributed by atoms with Crippen LogP contribution in [0.15, 0.2) is 30.3 Å². The molecule has 110 valence electrons. The summed E-state index contributed by atoms with van der Waals surface area (Å²) in [6.45, 7) is 3.69. The number of nitrogens with zero attached hydrogens (tertiary/aromatic N) is 2. The van der Waals surface area contributed by atoms with Crippen molar-refractivity contribution in [3.05, 3.63) is 36.0 Å². The SMILES string of the molecule is CCOP(=O)(OCC)Oc1cc2ccccc2nc1C#N. The van der Waals surface area contributed by atoms with Crippen LogP contribution in [0.5, 0.6) is 5.75 Å². The molecule has 1 aromatic heterocycles. The number of nitriles is 1. The lowest BCUT2D eigenvalue weighted by atomic mass is 10.2. The lowest BCUT2D eigenvalue weighted by molar-refractivity contribution is 0.167. The highest BCUT2D eigenvalue weighted by Gasteiger charge is 2.29. The van der Waals surface area contributed by atoms with Crippen LogP contribution in [0.25, 0.3) is 10.9 Å². The molecule has 0 radical (unpaired) electrons. The molecule has 0 unspecified atom stereocenters. The van der Waals surface area contributed by atoms with Gasteiger partial charge in [-0.1, -0.05) is 18.2 Å². The van der Waals surface area contributed by atoms with E-state index >= 15 is 0 Å². The molecule has 0 aliphatic carbocycles. The largest absolute Gasteiger partial charge is 0.530 e. The molecule has 1 aromatic carbocycles. The van der Waals surface area contributed by atoms with Crippen molar-refractivity contribution in [2.24, 2.45) is 0 Å². The molecule has 21 heavy (non-hydrogen) atoms. The van der Waals surface area contributed by atoms with Crippen LogP contribution >= 0.6 is 7.82 Å². The molecule has 0 N–H and O–H groups in total. The zero-order valence-corrected chi connectivity index (χ0v) is 12.7. The second kappa shape index (κ2) is 6.68. The van der Waals surface area contributed by atoms with Crippen molar-refractivity contribution in [3.63, 3.8) is 0 Å². The van der Waals surface area contributed by atoms with Gasteiger partial charge in [-0.2, -0.15) is 5.26 Å². The summed E-state index contributed by atoms with van der Waals surface area (Å²) in [5, 5.41) is 9.94. The smallest absolute Gasteiger partial charge is 0.401 e. The highest BCUT2D eigenvalue weighted by Crippen LogP contribution is 2.50. The molecule has 0 saturated carbocycles. The van der Waals surface area contributed by atoms with Crippen LogP contribution in [0.3, 0.4) is 0 Å². The van der Waals surface area contributed by atoms with Crippen molar-refractivity contribution in [1.29, 1.82) is 5.26 Å². The lowest BCUT2D eigenvalue weighted by Gasteiger charge is -2.17. The van der Waals surface area contributed by atoms with E-state index in [1.165, 1.54) is 0 Å². The molecule has 1 heterocycles. The van der Waals surface area contributed by atoms with Gasteiger partial charge in [-0.25, -0.2) is 9.55 Å². The first-order chi connectivity index (χ1) is 10.1. The Bertz CT molecular complexity index is 716. The molecule has 0 atom stereocenters. The average Bonchev–Trinajstić information content (AvgIpc) is 2.46. The molecular formula is C14H15N2O4P. The number of phosphoric acid groups is 1. The van der Waals surface area contributed by atoms with E-state index in [-0.39, 0.29) is 24.7 Å². The van der Waals surface area contributed by atoms with Gasteiger partial charge in [0.1, 0.15) is 6.07 Å². The van der Waals surface area contributed by atoms with Crippen LogP contribution in [-0.4, -0.2) is 18.2 Å². The van der Waals surface area contributed by atoms with Gasteiger partial charge in [0, 0.05) is 5.39 Å². The number of benzene rings is 1. The van der Waals surface area contributed by atoms with Crippen molar-refractivity contribution in [3.8, 4) is 11.8 Å². The van der Waals surface area contributed by atoms with Crippen LogP contribution in [0, 0.1) is 11.3 Å². The summed E-state index contributed by atoms with van der Waals surface area (Å²) in [7, 11) is -3.75. The monoisotopic (exact) mass is 306 g/mol. The van der Waals surface area contributed by atoms with Crippen molar-refractivity contribution >= 4 is 18.7 Å². The van der Waals surface area contributed by atoms with Gasteiger partial charge in [0.15, 0.2) is 11.4 Å². The van der Waals surface area contributed by atoms with Gasteiger partial charge in [0.25, 0.3) is 0 Å². The van der Waals surface area contributed by atoms with E-state index in [2.05, 4.69) is 4.98 Å². The maximum absolute atomic E-state index is 12.4. The summed E-state index contributed by atoms with van der Waals surface area (Å²) < 4.78 is 27.8. The minimum atomic E-state index is -3.75. The quantitative estimate of drug-likeness (QED) is 0.757. The van der Waals surface area contributed by atoms with E-state index in [1.54, 1.807) is 26.0 Å². The van der Waals surface area contributed by atoms with Gasteiger partial charge in [-0.05, 0) is 26.0 Å². The second-order valence-electron chi connectivity index (χ2n) is 4.01. The van der Waals surface area contributed by atoms with Gasteiger partial charge >= 0.3 is 7.82 Å².